The molecule has 0 spiro atoms. The van der Waals surface area contributed by atoms with Crippen LogP contribution in [0.25, 0.3) is 0 Å². The predicted molar refractivity (Wildman–Crippen MR) is 132 cm³/mol. The second-order valence-corrected chi connectivity index (χ2v) is 11.4. The average molecular weight is 485 g/mol. The van der Waals surface area contributed by atoms with Gasteiger partial charge in [-0.2, -0.15) is 12.7 Å². The lowest BCUT2D eigenvalue weighted by atomic mass is 9.73. The molecule has 2 heterocycles. The first kappa shape index (κ1) is 24.2. The Balaban J connectivity index is 1.51. The summed E-state index contributed by atoms with van der Waals surface area (Å²) in [5, 5.41) is 3.08. The molecular weight excluding hydrogens is 452 g/mol. The number of hydrogen-bond acceptors (Lipinski definition) is 5. The molecule has 34 heavy (non-hydrogen) atoms. The van der Waals surface area contributed by atoms with Crippen LogP contribution in [-0.4, -0.2) is 68.1 Å². The molecule has 1 N–H and O–H groups in total. The Hall–Kier alpha value is -2.91. The Bertz CT molecular complexity index is 1160. The molecule has 2 aromatic rings. The highest BCUT2D eigenvalue weighted by atomic mass is 32.2. The SMILES string of the molecule is COc1ccccc1C(=O)NCC1(c2ccccc2)CCN(S(=O)(=O)N2C=NC(C)(C)C2)CC1. The van der Waals surface area contributed by atoms with Crippen LogP contribution in [0.5, 0.6) is 5.75 Å². The average Bonchev–Trinajstić information content (AvgIpc) is 3.23. The van der Waals surface area contributed by atoms with Gasteiger partial charge in [0, 0.05) is 25.0 Å². The maximum atomic E-state index is 13.2. The molecule has 4 rings (SSSR count). The summed E-state index contributed by atoms with van der Waals surface area (Å²) in [4.78, 5) is 17.3. The lowest BCUT2D eigenvalue weighted by Crippen LogP contribution is -2.53. The predicted octanol–water partition coefficient (Wildman–Crippen LogP) is 2.83. The zero-order chi connectivity index (χ0) is 24.4. The Labute approximate surface area is 201 Å². The van der Waals surface area contributed by atoms with Gasteiger partial charge in [-0.3, -0.25) is 9.79 Å². The smallest absolute Gasteiger partial charge is 0.304 e. The number of rotatable bonds is 7. The lowest BCUT2D eigenvalue weighted by molar-refractivity contribution is 0.0929. The van der Waals surface area contributed by atoms with Crippen LogP contribution in [-0.2, 0) is 15.6 Å². The van der Waals surface area contributed by atoms with Gasteiger partial charge in [-0.05, 0) is 44.4 Å². The molecule has 0 aliphatic carbocycles. The summed E-state index contributed by atoms with van der Waals surface area (Å²) in [7, 11) is -2.09. The first-order chi connectivity index (χ1) is 16.2. The van der Waals surface area contributed by atoms with E-state index in [1.54, 1.807) is 25.3 Å². The lowest BCUT2D eigenvalue weighted by Gasteiger charge is -2.42. The number of amides is 1. The van der Waals surface area contributed by atoms with Gasteiger partial charge in [0.05, 0.1) is 24.8 Å². The summed E-state index contributed by atoms with van der Waals surface area (Å²) in [6, 6.07) is 17.1. The molecule has 0 bridgehead atoms. The maximum Gasteiger partial charge on any atom is 0.304 e. The summed E-state index contributed by atoms with van der Waals surface area (Å²) in [6.07, 6.45) is 2.62. The van der Waals surface area contributed by atoms with E-state index < -0.39 is 15.7 Å². The van der Waals surface area contributed by atoms with E-state index >= 15 is 0 Å². The number of carbonyl (C=O) groups excluding carboxylic acids is 1. The number of para-hydroxylation sites is 1. The zero-order valence-corrected chi connectivity index (χ0v) is 20.7. The molecule has 182 valence electrons. The van der Waals surface area contributed by atoms with Crippen molar-refractivity contribution in [2.75, 3.05) is 33.3 Å². The third kappa shape index (κ3) is 4.81. The minimum absolute atomic E-state index is 0.210. The highest BCUT2D eigenvalue weighted by Gasteiger charge is 2.42. The standard InChI is InChI=1S/C25H32N4O4S/c1-24(2)18-29(19-27-24)34(31,32)28-15-13-25(14-16-28,20-9-5-4-6-10-20)17-26-23(30)21-11-7-8-12-22(21)33-3/h4-12,19H,13-18H2,1-3H3,(H,26,30). The summed E-state index contributed by atoms with van der Waals surface area (Å²) < 4.78 is 34.6. The molecule has 0 unspecified atom stereocenters. The van der Waals surface area contributed by atoms with Crippen LogP contribution < -0.4 is 10.1 Å². The highest BCUT2D eigenvalue weighted by molar-refractivity contribution is 7.87. The van der Waals surface area contributed by atoms with Crippen LogP contribution >= 0.6 is 0 Å². The topological polar surface area (TPSA) is 91.3 Å². The Kier molecular flexibility index (Phi) is 6.69. The van der Waals surface area contributed by atoms with Crippen molar-refractivity contribution >= 4 is 22.5 Å². The highest BCUT2D eigenvalue weighted by Crippen LogP contribution is 2.37. The first-order valence-electron chi connectivity index (χ1n) is 11.5. The first-order valence-corrected chi connectivity index (χ1v) is 12.9. The molecule has 0 atom stereocenters. The second-order valence-electron chi connectivity index (χ2n) is 9.54. The number of nitrogens with zero attached hydrogens (tertiary/aromatic N) is 3. The number of hydrogen-bond donors (Lipinski definition) is 1. The number of benzene rings is 2. The van der Waals surface area contributed by atoms with Crippen molar-refractivity contribution in [1.29, 1.82) is 0 Å². The van der Waals surface area contributed by atoms with E-state index in [2.05, 4.69) is 22.4 Å². The van der Waals surface area contributed by atoms with Crippen molar-refractivity contribution in [3.63, 3.8) is 0 Å². The van der Waals surface area contributed by atoms with Crippen LogP contribution in [0.1, 0.15) is 42.6 Å². The third-order valence-corrected chi connectivity index (χ3v) is 8.54. The van der Waals surface area contributed by atoms with Crippen LogP contribution in [0.3, 0.4) is 0 Å². The van der Waals surface area contributed by atoms with E-state index in [9.17, 15) is 13.2 Å². The second kappa shape index (κ2) is 9.38. The largest absolute Gasteiger partial charge is 0.496 e. The van der Waals surface area contributed by atoms with Crippen molar-refractivity contribution in [2.24, 2.45) is 4.99 Å². The molecule has 0 radical (unpaired) electrons. The molecule has 0 aromatic heterocycles. The monoisotopic (exact) mass is 484 g/mol. The fraction of sp³-hybridized carbons (Fsp3) is 0.440. The molecule has 1 fully saturated rings. The number of ether oxygens (including phenoxy) is 1. The zero-order valence-electron chi connectivity index (χ0n) is 19.9. The molecule has 1 saturated heterocycles. The van der Waals surface area contributed by atoms with Crippen LogP contribution in [0, 0.1) is 0 Å². The van der Waals surface area contributed by atoms with E-state index in [1.807, 2.05) is 38.1 Å². The maximum absolute atomic E-state index is 13.2. The number of methoxy groups -OCH3 is 1. The van der Waals surface area contributed by atoms with Crippen LogP contribution in [0.15, 0.2) is 59.6 Å². The molecule has 2 aliphatic heterocycles. The summed E-state index contributed by atoms with van der Waals surface area (Å²) in [6.45, 7) is 5.31. The van der Waals surface area contributed by atoms with E-state index in [1.165, 1.54) is 14.9 Å². The van der Waals surface area contributed by atoms with Crippen molar-refractivity contribution in [3.8, 4) is 5.75 Å². The van der Waals surface area contributed by atoms with Gasteiger partial charge in [0.25, 0.3) is 5.91 Å². The van der Waals surface area contributed by atoms with Crippen LogP contribution in [0.2, 0.25) is 0 Å². The van der Waals surface area contributed by atoms with Crippen LogP contribution in [0.4, 0.5) is 0 Å². The van der Waals surface area contributed by atoms with Gasteiger partial charge in [0.15, 0.2) is 0 Å². The van der Waals surface area contributed by atoms with Crippen molar-refractivity contribution < 1.29 is 17.9 Å². The van der Waals surface area contributed by atoms with E-state index in [0.29, 0.717) is 50.3 Å². The molecule has 8 nitrogen and oxygen atoms in total. The Morgan fingerprint density at radius 1 is 1.06 bits per heavy atom. The number of nitrogens with one attached hydrogen (secondary N) is 1. The van der Waals surface area contributed by atoms with Gasteiger partial charge in [0.2, 0.25) is 0 Å². The number of aliphatic imine (C=N–C) groups is 1. The molecule has 2 aliphatic rings. The van der Waals surface area contributed by atoms with Gasteiger partial charge in [-0.1, -0.05) is 42.5 Å². The van der Waals surface area contributed by atoms with E-state index in [4.69, 9.17) is 4.74 Å². The molecule has 0 saturated carbocycles. The van der Waals surface area contributed by atoms with E-state index in [0.717, 1.165) is 5.56 Å². The van der Waals surface area contributed by atoms with Crippen molar-refractivity contribution in [1.82, 2.24) is 13.9 Å². The van der Waals surface area contributed by atoms with E-state index in [-0.39, 0.29) is 11.3 Å². The molecule has 1 amide bonds. The van der Waals surface area contributed by atoms with Gasteiger partial charge < -0.3 is 10.1 Å². The summed E-state index contributed by atoms with van der Waals surface area (Å²) in [5.41, 5.74) is 0.781. The Morgan fingerprint density at radius 3 is 2.32 bits per heavy atom. The minimum Gasteiger partial charge on any atom is -0.496 e. The summed E-state index contributed by atoms with van der Waals surface area (Å²) in [5.74, 6) is 0.309. The fourth-order valence-corrected chi connectivity index (χ4v) is 6.24. The normalized spacial score (nSPS) is 19.7. The van der Waals surface area contributed by atoms with Gasteiger partial charge >= 0.3 is 10.2 Å². The van der Waals surface area contributed by atoms with Gasteiger partial charge in [-0.25, -0.2) is 4.31 Å². The van der Waals surface area contributed by atoms with Crippen molar-refractivity contribution in [2.45, 2.75) is 37.6 Å². The minimum atomic E-state index is -3.63. The summed E-state index contributed by atoms with van der Waals surface area (Å²) >= 11 is 0. The van der Waals surface area contributed by atoms with Gasteiger partial charge in [-0.15, -0.1) is 0 Å². The third-order valence-electron chi connectivity index (χ3n) is 6.71. The Morgan fingerprint density at radius 2 is 1.71 bits per heavy atom. The fourth-order valence-electron chi connectivity index (χ4n) is 4.65. The molecule has 2 aromatic carbocycles. The quantitative estimate of drug-likeness (QED) is 0.654. The molecule has 9 heteroatoms. The number of piperidine rings is 1. The van der Waals surface area contributed by atoms with Crippen molar-refractivity contribution in [3.05, 3.63) is 65.7 Å². The molecular formula is C25H32N4O4S. The number of carbonyl (C=O) groups is 1. The van der Waals surface area contributed by atoms with Gasteiger partial charge in [0.1, 0.15) is 12.1 Å².